The average molecular weight is 541 g/mol. The molecule has 0 spiro atoms. The first-order valence-corrected chi connectivity index (χ1v) is 14.1. The van der Waals surface area contributed by atoms with Crippen molar-refractivity contribution in [1.82, 2.24) is 25.5 Å². The maximum absolute atomic E-state index is 13.3. The highest BCUT2D eigenvalue weighted by molar-refractivity contribution is 6.33. The van der Waals surface area contributed by atoms with Gasteiger partial charge in [-0.05, 0) is 62.7 Å². The molecule has 0 saturated carbocycles. The smallest absolute Gasteiger partial charge is 0.254 e. The SMILES string of the molecule is C[C@@H]1CNCCCCC(NC(=O)CN2Cc3ccc(-c4nc(NC5CCOCC5)ncc4Cl)cc3C2=O)C1. The van der Waals surface area contributed by atoms with Crippen molar-refractivity contribution < 1.29 is 14.3 Å². The van der Waals surface area contributed by atoms with Gasteiger partial charge in [-0.1, -0.05) is 37.1 Å². The number of nitrogens with zero attached hydrogens (tertiary/aromatic N) is 3. The van der Waals surface area contributed by atoms with Crippen molar-refractivity contribution in [1.29, 1.82) is 0 Å². The second-order valence-corrected chi connectivity index (χ2v) is 11.2. The van der Waals surface area contributed by atoms with E-state index in [4.69, 9.17) is 16.3 Å². The summed E-state index contributed by atoms with van der Waals surface area (Å²) in [7, 11) is 0. The zero-order valence-corrected chi connectivity index (χ0v) is 22.7. The minimum absolute atomic E-state index is 0.0550. The van der Waals surface area contributed by atoms with Crippen LogP contribution in [0.15, 0.2) is 24.4 Å². The Labute approximate surface area is 229 Å². The van der Waals surface area contributed by atoms with Crippen molar-refractivity contribution >= 4 is 29.4 Å². The van der Waals surface area contributed by atoms with Crippen LogP contribution in [-0.2, 0) is 16.1 Å². The zero-order valence-electron chi connectivity index (χ0n) is 22.0. The van der Waals surface area contributed by atoms with Crippen molar-refractivity contribution in [3.05, 3.63) is 40.5 Å². The Morgan fingerprint density at radius 2 is 2.05 bits per heavy atom. The minimum Gasteiger partial charge on any atom is -0.381 e. The molecular weight excluding hydrogens is 504 g/mol. The van der Waals surface area contributed by atoms with E-state index < -0.39 is 0 Å². The van der Waals surface area contributed by atoms with E-state index >= 15 is 0 Å². The molecule has 3 aliphatic heterocycles. The number of rotatable bonds is 6. The topological polar surface area (TPSA) is 108 Å². The molecule has 4 heterocycles. The number of benzene rings is 1. The lowest BCUT2D eigenvalue weighted by Crippen LogP contribution is -2.43. The van der Waals surface area contributed by atoms with Crippen molar-refractivity contribution in [2.24, 2.45) is 5.92 Å². The van der Waals surface area contributed by atoms with Crippen LogP contribution in [0.5, 0.6) is 0 Å². The molecule has 38 heavy (non-hydrogen) atoms. The number of ether oxygens (including phenoxy) is 1. The number of nitrogens with one attached hydrogen (secondary N) is 3. The summed E-state index contributed by atoms with van der Waals surface area (Å²) in [6.07, 6.45) is 7.50. The summed E-state index contributed by atoms with van der Waals surface area (Å²) in [5, 5.41) is 10.5. The standard InChI is InChI=1S/C28H37ClN6O3/c1-18-12-22(4-2-3-9-30-14-18)32-25(36)17-35-16-20-6-5-19(13-23(20)27(35)37)26-24(29)15-31-28(34-26)33-21-7-10-38-11-8-21/h5-6,13,15,18,21-22,30H,2-4,7-12,14,16-17H2,1H3,(H,32,36)(H,31,33,34)/t18-,22?/m0/s1. The maximum atomic E-state index is 13.3. The van der Waals surface area contributed by atoms with Gasteiger partial charge < -0.3 is 25.6 Å². The predicted molar refractivity (Wildman–Crippen MR) is 147 cm³/mol. The molecule has 0 radical (unpaired) electrons. The number of aromatic nitrogens is 2. The van der Waals surface area contributed by atoms with Crippen LogP contribution in [0.3, 0.4) is 0 Å². The number of halogens is 1. The number of fused-ring (bicyclic) bond motifs is 1. The highest BCUT2D eigenvalue weighted by atomic mass is 35.5. The summed E-state index contributed by atoms with van der Waals surface area (Å²) in [4.78, 5) is 36.8. The molecule has 2 atom stereocenters. The van der Waals surface area contributed by atoms with Crippen molar-refractivity contribution in [2.45, 2.75) is 64.1 Å². The monoisotopic (exact) mass is 540 g/mol. The molecule has 1 unspecified atom stereocenters. The van der Waals surface area contributed by atoms with E-state index in [9.17, 15) is 9.59 Å². The van der Waals surface area contributed by atoms with Gasteiger partial charge in [0, 0.05) is 43.0 Å². The Kier molecular flexibility index (Phi) is 8.76. The lowest BCUT2D eigenvalue weighted by Gasteiger charge is -2.23. The Morgan fingerprint density at radius 3 is 2.89 bits per heavy atom. The van der Waals surface area contributed by atoms with Crippen LogP contribution in [0.4, 0.5) is 5.95 Å². The molecule has 1 aromatic carbocycles. The molecule has 9 nitrogen and oxygen atoms in total. The molecule has 3 N–H and O–H groups in total. The van der Waals surface area contributed by atoms with Gasteiger partial charge in [0.05, 0.1) is 16.9 Å². The third-order valence-corrected chi connectivity index (χ3v) is 7.87. The molecule has 2 saturated heterocycles. The number of amides is 2. The summed E-state index contributed by atoms with van der Waals surface area (Å²) in [5.74, 6) is 0.764. The molecule has 0 aliphatic carbocycles. The van der Waals surface area contributed by atoms with Crippen LogP contribution in [0.25, 0.3) is 11.3 Å². The van der Waals surface area contributed by atoms with E-state index in [1.54, 1.807) is 11.1 Å². The van der Waals surface area contributed by atoms with Crippen molar-refractivity contribution in [3.8, 4) is 11.3 Å². The van der Waals surface area contributed by atoms with E-state index in [0.29, 0.717) is 34.7 Å². The summed E-state index contributed by atoms with van der Waals surface area (Å²) in [5.41, 5.74) is 2.82. The van der Waals surface area contributed by atoms with E-state index in [0.717, 1.165) is 76.0 Å². The number of carbonyl (C=O) groups excluding carboxylic acids is 2. The molecule has 5 rings (SSSR count). The van der Waals surface area contributed by atoms with Gasteiger partial charge in [-0.2, -0.15) is 0 Å². The highest BCUT2D eigenvalue weighted by Crippen LogP contribution is 2.31. The van der Waals surface area contributed by atoms with E-state index in [1.165, 1.54) is 0 Å². The molecule has 2 fully saturated rings. The summed E-state index contributed by atoms with van der Waals surface area (Å²) >= 11 is 6.47. The predicted octanol–water partition coefficient (Wildman–Crippen LogP) is 3.63. The third kappa shape index (κ3) is 6.62. The highest BCUT2D eigenvalue weighted by Gasteiger charge is 2.30. The van der Waals surface area contributed by atoms with Crippen LogP contribution in [0, 0.1) is 5.92 Å². The number of hydrogen-bond acceptors (Lipinski definition) is 7. The summed E-state index contributed by atoms with van der Waals surface area (Å²) in [6, 6.07) is 6.08. The van der Waals surface area contributed by atoms with Gasteiger partial charge in [-0.3, -0.25) is 9.59 Å². The molecule has 10 heteroatoms. The van der Waals surface area contributed by atoms with Crippen molar-refractivity contribution in [2.75, 3.05) is 38.2 Å². The Hall–Kier alpha value is -2.75. The average Bonchev–Trinajstić information content (AvgIpc) is 3.26. The summed E-state index contributed by atoms with van der Waals surface area (Å²) in [6.45, 7) is 6.12. The van der Waals surface area contributed by atoms with Gasteiger partial charge in [0.1, 0.15) is 6.54 Å². The second-order valence-electron chi connectivity index (χ2n) is 10.8. The first kappa shape index (κ1) is 26.8. The molecule has 3 aliphatic rings. The van der Waals surface area contributed by atoms with Gasteiger partial charge >= 0.3 is 0 Å². The minimum atomic E-state index is -0.144. The third-order valence-electron chi connectivity index (χ3n) is 7.60. The number of carbonyl (C=O) groups is 2. The van der Waals surface area contributed by atoms with Crippen LogP contribution in [-0.4, -0.2) is 71.6 Å². The fraction of sp³-hybridized carbons (Fsp3) is 0.571. The Balaban J connectivity index is 1.24. The quantitative estimate of drug-likeness (QED) is 0.513. The van der Waals surface area contributed by atoms with Crippen LogP contribution >= 0.6 is 11.6 Å². The molecule has 1 aromatic heterocycles. The largest absolute Gasteiger partial charge is 0.381 e. The second kappa shape index (κ2) is 12.4. The first-order chi connectivity index (χ1) is 18.5. The Bertz CT molecular complexity index is 1160. The van der Waals surface area contributed by atoms with E-state index in [2.05, 4.69) is 32.8 Å². The van der Waals surface area contributed by atoms with E-state index in [1.807, 2.05) is 18.2 Å². The zero-order chi connectivity index (χ0) is 26.5. The molecule has 2 amide bonds. The molecule has 0 bridgehead atoms. The fourth-order valence-electron chi connectivity index (χ4n) is 5.55. The molecular formula is C28H37ClN6O3. The van der Waals surface area contributed by atoms with Crippen molar-refractivity contribution in [3.63, 3.8) is 0 Å². The van der Waals surface area contributed by atoms with Gasteiger partial charge in [0.25, 0.3) is 5.91 Å². The summed E-state index contributed by atoms with van der Waals surface area (Å²) < 4.78 is 5.43. The Morgan fingerprint density at radius 1 is 1.21 bits per heavy atom. The van der Waals surface area contributed by atoms with Gasteiger partial charge in [-0.25, -0.2) is 9.97 Å². The number of hydrogen-bond donors (Lipinski definition) is 3. The lowest BCUT2D eigenvalue weighted by atomic mass is 9.98. The van der Waals surface area contributed by atoms with Gasteiger partial charge in [0.2, 0.25) is 11.9 Å². The number of anilines is 1. The van der Waals surface area contributed by atoms with E-state index in [-0.39, 0.29) is 30.4 Å². The van der Waals surface area contributed by atoms with Gasteiger partial charge in [-0.15, -0.1) is 0 Å². The van der Waals surface area contributed by atoms with Crippen LogP contribution in [0.1, 0.15) is 61.4 Å². The van der Waals surface area contributed by atoms with Crippen LogP contribution in [0.2, 0.25) is 5.02 Å². The lowest BCUT2D eigenvalue weighted by molar-refractivity contribution is -0.122. The molecule has 204 valence electrons. The maximum Gasteiger partial charge on any atom is 0.254 e. The normalized spacial score (nSPS) is 22.8. The van der Waals surface area contributed by atoms with Gasteiger partial charge in [0.15, 0.2) is 0 Å². The first-order valence-electron chi connectivity index (χ1n) is 13.8. The molecule has 2 aromatic rings. The van der Waals surface area contributed by atoms with Crippen LogP contribution < -0.4 is 16.0 Å². The fourth-order valence-corrected chi connectivity index (χ4v) is 5.75.